The lowest BCUT2D eigenvalue weighted by Crippen LogP contribution is -2.12. The smallest absolute Gasteiger partial charge is 0.338 e. The highest BCUT2D eigenvalue weighted by Crippen LogP contribution is 2.17. The molecule has 0 heterocycles. The fraction of sp³-hybridized carbons (Fsp3) is 0.200. The summed E-state index contributed by atoms with van der Waals surface area (Å²) in [4.78, 5) is 24.5. The van der Waals surface area contributed by atoms with Crippen molar-refractivity contribution in [1.29, 1.82) is 0 Å². The first-order chi connectivity index (χ1) is 14.6. The molecule has 3 rings (SSSR count). The van der Waals surface area contributed by atoms with Crippen molar-refractivity contribution in [3.05, 3.63) is 95.6 Å². The maximum Gasteiger partial charge on any atom is 0.338 e. The Kier molecular flexibility index (Phi) is 7.61. The first-order valence-electron chi connectivity index (χ1n) is 9.79. The number of hydrogen-bond donors (Lipinski definition) is 0. The maximum atomic E-state index is 12.3. The number of ether oxygens (including phenoxy) is 3. The van der Waals surface area contributed by atoms with Crippen LogP contribution in [0.4, 0.5) is 0 Å². The zero-order chi connectivity index (χ0) is 21.2. The summed E-state index contributed by atoms with van der Waals surface area (Å²) in [5.41, 5.74) is 2.37. The van der Waals surface area contributed by atoms with E-state index in [1.807, 2.05) is 42.5 Å². The summed E-state index contributed by atoms with van der Waals surface area (Å²) in [6, 6.07) is 23.7. The van der Waals surface area contributed by atoms with Crippen LogP contribution in [0, 0.1) is 0 Å². The number of carbonyl (C=O) groups is 2. The number of hydrogen-bond acceptors (Lipinski definition) is 5. The van der Waals surface area contributed by atoms with E-state index >= 15 is 0 Å². The van der Waals surface area contributed by atoms with Crippen LogP contribution < -0.4 is 9.47 Å². The molecule has 0 radical (unpaired) electrons. The van der Waals surface area contributed by atoms with Gasteiger partial charge in [-0.25, -0.2) is 4.79 Å². The predicted molar refractivity (Wildman–Crippen MR) is 114 cm³/mol. The molecule has 0 aliphatic heterocycles. The number of benzene rings is 3. The molecule has 0 unspecified atom stereocenters. The molecule has 0 fully saturated rings. The molecule has 3 aromatic rings. The second-order valence-corrected chi connectivity index (χ2v) is 6.75. The van der Waals surface area contributed by atoms with Crippen LogP contribution in [-0.2, 0) is 22.4 Å². The Morgan fingerprint density at radius 1 is 0.800 bits per heavy atom. The molecule has 0 aliphatic carbocycles. The van der Waals surface area contributed by atoms with Gasteiger partial charge in [-0.3, -0.25) is 4.79 Å². The predicted octanol–water partition coefficient (Wildman–Crippen LogP) is 4.63. The van der Waals surface area contributed by atoms with E-state index in [1.54, 1.807) is 37.4 Å². The zero-order valence-electron chi connectivity index (χ0n) is 16.9. The largest absolute Gasteiger partial charge is 0.497 e. The third kappa shape index (κ3) is 6.48. The maximum absolute atomic E-state index is 12.3. The van der Waals surface area contributed by atoms with Gasteiger partial charge in [0.25, 0.3) is 0 Å². The van der Waals surface area contributed by atoms with Crippen LogP contribution in [0.5, 0.6) is 11.5 Å². The summed E-state index contributed by atoms with van der Waals surface area (Å²) in [6.45, 7) is 0.329. The Morgan fingerprint density at radius 2 is 1.57 bits per heavy atom. The topological polar surface area (TPSA) is 61.8 Å². The van der Waals surface area contributed by atoms with Crippen molar-refractivity contribution < 1.29 is 23.8 Å². The lowest BCUT2D eigenvalue weighted by molar-refractivity contribution is -0.133. The lowest BCUT2D eigenvalue weighted by atomic mass is 10.1. The molecule has 0 aromatic heterocycles. The third-order valence-electron chi connectivity index (χ3n) is 4.49. The number of esters is 2. The first kappa shape index (κ1) is 21.1. The highest BCUT2D eigenvalue weighted by atomic mass is 16.5. The van der Waals surface area contributed by atoms with E-state index in [-0.39, 0.29) is 6.42 Å². The quantitative estimate of drug-likeness (QED) is 0.296. The van der Waals surface area contributed by atoms with Crippen LogP contribution in [0.2, 0.25) is 0 Å². The third-order valence-corrected chi connectivity index (χ3v) is 4.49. The molecule has 0 amide bonds. The lowest BCUT2D eigenvalue weighted by Gasteiger charge is -2.08. The van der Waals surface area contributed by atoms with Crippen LogP contribution in [0.25, 0.3) is 0 Å². The van der Waals surface area contributed by atoms with E-state index in [2.05, 4.69) is 0 Å². The van der Waals surface area contributed by atoms with Crippen molar-refractivity contribution in [1.82, 2.24) is 0 Å². The van der Waals surface area contributed by atoms with Crippen molar-refractivity contribution >= 4 is 11.9 Å². The van der Waals surface area contributed by atoms with Gasteiger partial charge in [-0.2, -0.15) is 0 Å². The Hall–Kier alpha value is -3.60. The van der Waals surface area contributed by atoms with E-state index in [1.165, 1.54) is 11.6 Å². The zero-order valence-corrected chi connectivity index (χ0v) is 16.9. The summed E-state index contributed by atoms with van der Waals surface area (Å²) in [5, 5.41) is 0. The summed E-state index contributed by atoms with van der Waals surface area (Å²) < 4.78 is 15.8. The standard InChI is InChI=1S/C25H24O5/c1-28-22-14-12-20(13-15-22)17-24(26)30-23-11-5-10-21(18-23)25(27)29-16-6-9-19-7-3-2-4-8-19/h2-5,7-8,10-15,18H,6,9,16-17H2,1H3. The Bertz CT molecular complexity index is 964. The van der Waals surface area contributed by atoms with Gasteiger partial charge in [0.2, 0.25) is 0 Å². The van der Waals surface area contributed by atoms with E-state index < -0.39 is 11.9 Å². The molecular formula is C25H24O5. The van der Waals surface area contributed by atoms with Crippen LogP contribution in [-0.4, -0.2) is 25.7 Å². The molecule has 154 valence electrons. The van der Waals surface area contributed by atoms with Crippen molar-refractivity contribution in [2.75, 3.05) is 13.7 Å². The van der Waals surface area contributed by atoms with Crippen molar-refractivity contribution in [2.24, 2.45) is 0 Å². The fourth-order valence-electron chi connectivity index (χ4n) is 2.93. The SMILES string of the molecule is COc1ccc(CC(=O)Oc2cccc(C(=O)OCCCc3ccccc3)c2)cc1. The van der Waals surface area contributed by atoms with Crippen LogP contribution in [0.1, 0.15) is 27.9 Å². The fourth-order valence-corrected chi connectivity index (χ4v) is 2.93. The molecular weight excluding hydrogens is 380 g/mol. The van der Waals surface area contributed by atoms with Gasteiger partial charge >= 0.3 is 11.9 Å². The molecule has 0 bridgehead atoms. The van der Waals surface area contributed by atoms with Crippen LogP contribution >= 0.6 is 0 Å². The molecule has 5 heteroatoms. The van der Waals surface area contributed by atoms with E-state index in [0.717, 1.165) is 24.2 Å². The normalized spacial score (nSPS) is 10.3. The number of rotatable bonds is 9. The summed E-state index contributed by atoms with van der Waals surface area (Å²) in [7, 11) is 1.59. The summed E-state index contributed by atoms with van der Waals surface area (Å²) in [6.07, 6.45) is 1.71. The Labute approximate surface area is 176 Å². The number of aryl methyl sites for hydroxylation is 1. The molecule has 5 nitrogen and oxygen atoms in total. The highest BCUT2D eigenvalue weighted by molar-refractivity contribution is 5.90. The molecule has 0 aliphatic rings. The monoisotopic (exact) mass is 404 g/mol. The van der Waals surface area contributed by atoms with Gasteiger partial charge in [-0.1, -0.05) is 48.5 Å². The van der Waals surface area contributed by atoms with Gasteiger partial charge in [-0.05, 0) is 54.3 Å². The summed E-state index contributed by atoms with van der Waals surface area (Å²) in [5.74, 6) is 0.194. The molecule has 0 atom stereocenters. The van der Waals surface area contributed by atoms with Crippen molar-refractivity contribution in [2.45, 2.75) is 19.3 Å². The van der Waals surface area contributed by atoms with Crippen molar-refractivity contribution in [3.8, 4) is 11.5 Å². The van der Waals surface area contributed by atoms with Gasteiger partial charge in [0, 0.05) is 0 Å². The first-order valence-corrected chi connectivity index (χ1v) is 9.79. The molecule has 0 saturated heterocycles. The van der Waals surface area contributed by atoms with Crippen LogP contribution in [0.15, 0.2) is 78.9 Å². The van der Waals surface area contributed by atoms with E-state index in [9.17, 15) is 9.59 Å². The molecule has 0 spiro atoms. The van der Waals surface area contributed by atoms with Gasteiger partial charge in [0.15, 0.2) is 0 Å². The average molecular weight is 404 g/mol. The van der Waals surface area contributed by atoms with E-state index in [0.29, 0.717) is 17.9 Å². The van der Waals surface area contributed by atoms with Gasteiger partial charge < -0.3 is 14.2 Å². The molecule has 30 heavy (non-hydrogen) atoms. The van der Waals surface area contributed by atoms with E-state index in [4.69, 9.17) is 14.2 Å². The molecule has 0 saturated carbocycles. The minimum Gasteiger partial charge on any atom is -0.497 e. The van der Waals surface area contributed by atoms with Gasteiger partial charge in [-0.15, -0.1) is 0 Å². The Morgan fingerprint density at radius 3 is 2.30 bits per heavy atom. The second kappa shape index (κ2) is 10.8. The molecule has 0 N–H and O–H groups in total. The summed E-state index contributed by atoms with van der Waals surface area (Å²) >= 11 is 0. The minimum absolute atomic E-state index is 0.123. The molecule has 3 aromatic carbocycles. The second-order valence-electron chi connectivity index (χ2n) is 6.75. The van der Waals surface area contributed by atoms with Gasteiger partial charge in [0.1, 0.15) is 11.5 Å². The average Bonchev–Trinajstić information content (AvgIpc) is 2.78. The van der Waals surface area contributed by atoms with Gasteiger partial charge in [0.05, 0.1) is 25.7 Å². The minimum atomic E-state index is -0.434. The Balaban J connectivity index is 1.48. The number of carbonyl (C=O) groups excluding carboxylic acids is 2. The highest BCUT2D eigenvalue weighted by Gasteiger charge is 2.11. The van der Waals surface area contributed by atoms with Crippen LogP contribution in [0.3, 0.4) is 0 Å². The number of methoxy groups -OCH3 is 1. The van der Waals surface area contributed by atoms with Crippen molar-refractivity contribution in [3.63, 3.8) is 0 Å².